The van der Waals surface area contributed by atoms with Crippen LogP contribution in [0.2, 0.25) is 0 Å². The summed E-state index contributed by atoms with van der Waals surface area (Å²) >= 11 is 3.60. The molecule has 4 aromatic rings. The van der Waals surface area contributed by atoms with E-state index in [1.165, 1.54) is 0 Å². The molecule has 1 aliphatic carbocycles. The van der Waals surface area contributed by atoms with Gasteiger partial charge in [-0.05, 0) is 106 Å². The Morgan fingerprint density at radius 2 is 1.66 bits per heavy atom. The van der Waals surface area contributed by atoms with Crippen molar-refractivity contribution in [2.75, 3.05) is 18.4 Å². The van der Waals surface area contributed by atoms with Gasteiger partial charge in [-0.15, -0.1) is 0 Å². The van der Waals surface area contributed by atoms with Crippen LogP contribution in [0.25, 0.3) is 22.3 Å². The quantitative estimate of drug-likeness (QED) is 0.0291. The van der Waals surface area contributed by atoms with Crippen LogP contribution in [0.4, 0.5) is 20.1 Å². The second-order valence-electron chi connectivity index (χ2n) is 20.6. The Hall–Kier alpha value is -7.03. The van der Waals surface area contributed by atoms with Gasteiger partial charge in [0.2, 0.25) is 17.4 Å². The smallest absolute Gasteiger partial charge is 0.408 e. The number of alkyl carbamates (subject to hydrolysis) is 2. The van der Waals surface area contributed by atoms with Crippen molar-refractivity contribution < 1.29 is 52.5 Å². The molecule has 0 spiro atoms. The molecule has 3 aliphatic rings. The number of nitrogens with one attached hydrogen (secondary N) is 5. The SMILES string of the molecule is CC[C@@]1(OC(=O)CC2(CNC(=O)OCc3ccc(NC(=O)[C@H](CCCNC(N)=O)NC(=O)[C@@H](NC(=O)OC(C)(C)C)C(C)C)cc3)CCCCC2)C(=O)OCc2c1cc1n(c2=O)Cc2cc3c(Br)cccc3nc2-1. The molecule has 2 aromatic heterocycles. The molecule has 6 amide bonds. The molecular weight excluding hydrogens is 1020 g/mol. The summed E-state index contributed by atoms with van der Waals surface area (Å²) in [6.45, 7) is 10.4. The van der Waals surface area contributed by atoms with Crippen molar-refractivity contribution in [3.63, 3.8) is 0 Å². The normalized spacial score (nSPS) is 17.3. The van der Waals surface area contributed by atoms with E-state index in [0.717, 1.165) is 40.2 Å². The van der Waals surface area contributed by atoms with Crippen molar-refractivity contribution in [3.05, 3.63) is 91.7 Å². The molecule has 2 aromatic carbocycles. The molecule has 3 atom stereocenters. The van der Waals surface area contributed by atoms with Crippen molar-refractivity contribution in [2.45, 2.75) is 142 Å². The maximum atomic E-state index is 14.2. The number of carbonyl (C=O) groups is 7. The van der Waals surface area contributed by atoms with Crippen molar-refractivity contribution in [1.82, 2.24) is 30.8 Å². The van der Waals surface area contributed by atoms with E-state index in [2.05, 4.69) is 42.5 Å². The molecule has 0 radical (unpaired) electrons. The lowest BCUT2D eigenvalue weighted by Crippen LogP contribution is -2.55. The first-order valence-electron chi connectivity index (χ1n) is 25.0. The van der Waals surface area contributed by atoms with Crippen LogP contribution in [0.3, 0.4) is 0 Å². The monoisotopic (exact) mass is 1080 g/mol. The van der Waals surface area contributed by atoms with Gasteiger partial charge in [0.1, 0.15) is 30.9 Å². The van der Waals surface area contributed by atoms with E-state index < -0.39 is 70.7 Å². The first-order chi connectivity index (χ1) is 35.1. The summed E-state index contributed by atoms with van der Waals surface area (Å²) in [5, 5.41) is 14.3. The summed E-state index contributed by atoms with van der Waals surface area (Å²) in [6, 6.07) is 13.1. The van der Waals surface area contributed by atoms with Crippen LogP contribution in [0.1, 0.15) is 122 Å². The zero-order valence-corrected chi connectivity index (χ0v) is 44.2. The third-order valence-electron chi connectivity index (χ3n) is 13.6. The molecule has 4 heterocycles. The first kappa shape index (κ1) is 54.7. The molecule has 7 N–H and O–H groups in total. The van der Waals surface area contributed by atoms with Crippen LogP contribution in [0.15, 0.2) is 63.9 Å². The number of benzene rings is 2. The minimum Gasteiger partial charge on any atom is -0.457 e. The van der Waals surface area contributed by atoms with Crippen molar-refractivity contribution in [1.29, 1.82) is 0 Å². The topological polar surface area (TPSA) is 277 Å². The number of amides is 6. The molecule has 7 rings (SSSR count). The Morgan fingerprint density at radius 3 is 2.34 bits per heavy atom. The van der Waals surface area contributed by atoms with Gasteiger partial charge in [-0.1, -0.05) is 74.2 Å². The minimum atomic E-state index is -1.88. The molecule has 1 fully saturated rings. The summed E-state index contributed by atoms with van der Waals surface area (Å²) in [6.07, 6.45) is 2.57. The Labute approximate surface area is 437 Å². The summed E-state index contributed by atoms with van der Waals surface area (Å²) in [7, 11) is 0. The van der Waals surface area contributed by atoms with Gasteiger partial charge < -0.3 is 55.8 Å². The standard InChI is InChI=1S/C53H65BrN8O12/c1-7-53(36-24-40-43-32(23-34-37(54)13-11-14-38(34)59-43)26-62(40)46(66)35(36)28-71-47(53)67)73-41(63)25-52(20-9-8-10-21-52)29-57-49(69)72-27-31-16-18-33(19-17-31)58-44(64)39(15-12-22-56-48(55)68)60-45(65)42(30(2)3)61-50(70)74-51(4,5)6/h11,13-14,16-19,23-24,30,39,42H,7-10,12,15,20-22,25-29H2,1-6H3,(H,57,69)(H,58,64)(H,60,65)(H,61,70)(H3,55,56,68)/t39-,42-,53-/m0/s1. The van der Waals surface area contributed by atoms with Crippen LogP contribution in [0.5, 0.6) is 0 Å². The highest BCUT2D eigenvalue weighted by molar-refractivity contribution is 9.10. The fraction of sp³-hybridized carbons (Fsp3) is 0.491. The highest BCUT2D eigenvalue weighted by Gasteiger charge is 2.51. The fourth-order valence-corrected chi connectivity index (χ4v) is 10.2. The molecule has 74 heavy (non-hydrogen) atoms. The van der Waals surface area contributed by atoms with E-state index in [1.54, 1.807) is 76.4 Å². The Morgan fingerprint density at radius 1 is 0.932 bits per heavy atom. The number of urea groups is 1. The van der Waals surface area contributed by atoms with Crippen molar-refractivity contribution >= 4 is 74.5 Å². The molecule has 0 bridgehead atoms. The number of halogens is 1. The first-order valence-corrected chi connectivity index (χ1v) is 25.8. The molecule has 0 unspecified atom stereocenters. The number of cyclic esters (lactones) is 1. The number of aromatic nitrogens is 2. The number of fused-ring (bicyclic) bond motifs is 5. The summed E-state index contributed by atoms with van der Waals surface area (Å²) in [5.41, 5.74) is 5.65. The van der Waals surface area contributed by atoms with Gasteiger partial charge in [0.25, 0.3) is 5.56 Å². The van der Waals surface area contributed by atoms with Crippen LogP contribution < -0.4 is 37.9 Å². The molecule has 21 heteroatoms. The van der Waals surface area contributed by atoms with Crippen LogP contribution in [-0.2, 0) is 63.5 Å². The maximum Gasteiger partial charge on any atom is 0.408 e. The summed E-state index contributed by atoms with van der Waals surface area (Å²) in [5.74, 6) is -2.95. The van der Waals surface area contributed by atoms with Gasteiger partial charge in [0.05, 0.1) is 35.4 Å². The number of anilines is 1. The number of hydrogen-bond donors (Lipinski definition) is 6. The van der Waals surface area contributed by atoms with Crippen molar-refractivity contribution in [3.8, 4) is 11.4 Å². The van der Waals surface area contributed by atoms with Crippen LogP contribution >= 0.6 is 15.9 Å². The molecule has 396 valence electrons. The van der Waals surface area contributed by atoms with Crippen molar-refractivity contribution in [2.24, 2.45) is 17.1 Å². The Bertz CT molecular complexity index is 2880. The van der Waals surface area contributed by atoms with E-state index in [-0.39, 0.29) is 81.1 Å². The van der Waals surface area contributed by atoms with Gasteiger partial charge >= 0.3 is 30.2 Å². The summed E-state index contributed by atoms with van der Waals surface area (Å²) < 4.78 is 25.2. The third-order valence-corrected chi connectivity index (χ3v) is 14.3. The lowest BCUT2D eigenvalue weighted by Gasteiger charge is -2.39. The van der Waals surface area contributed by atoms with E-state index in [9.17, 15) is 38.4 Å². The maximum absolute atomic E-state index is 14.2. The lowest BCUT2D eigenvalue weighted by molar-refractivity contribution is -0.191. The molecule has 0 saturated heterocycles. The predicted molar refractivity (Wildman–Crippen MR) is 276 cm³/mol. The molecule has 1 saturated carbocycles. The number of pyridine rings is 2. The molecule has 20 nitrogen and oxygen atoms in total. The number of ether oxygens (including phenoxy) is 4. The van der Waals surface area contributed by atoms with Gasteiger partial charge in [0, 0.05) is 39.8 Å². The van der Waals surface area contributed by atoms with Gasteiger partial charge in [-0.3, -0.25) is 19.2 Å². The van der Waals surface area contributed by atoms with Gasteiger partial charge in [0.15, 0.2) is 0 Å². The predicted octanol–water partition coefficient (Wildman–Crippen LogP) is 7.08. The average molecular weight is 1090 g/mol. The van der Waals surface area contributed by atoms with E-state index in [4.69, 9.17) is 29.7 Å². The fourth-order valence-electron chi connectivity index (χ4n) is 9.77. The van der Waals surface area contributed by atoms with E-state index >= 15 is 0 Å². The Kier molecular flexibility index (Phi) is 17.0. The van der Waals surface area contributed by atoms with E-state index in [0.29, 0.717) is 35.5 Å². The largest absolute Gasteiger partial charge is 0.457 e. The van der Waals surface area contributed by atoms with Crippen LogP contribution in [-0.4, -0.2) is 82.3 Å². The highest BCUT2D eigenvalue weighted by atomic mass is 79.9. The average Bonchev–Trinajstić information content (AvgIpc) is 3.71. The van der Waals surface area contributed by atoms with Crippen LogP contribution in [0, 0.1) is 11.3 Å². The van der Waals surface area contributed by atoms with Gasteiger partial charge in [-0.2, -0.15) is 0 Å². The second-order valence-corrected chi connectivity index (χ2v) is 21.4. The van der Waals surface area contributed by atoms with E-state index in [1.807, 2.05) is 24.3 Å². The molecule has 2 aliphatic heterocycles. The number of esters is 2. The zero-order valence-electron chi connectivity index (χ0n) is 42.6. The number of rotatable bonds is 18. The number of hydrogen-bond acceptors (Lipinski definition) is 13. The number of nitrogens with two attached hydrogens (primary N) is 1. The minimum absolute atomic E-state index is 0.00907. The van der Waals surface area contributed by atoms with Gasteiger partial charge in [-0.25, -0.2) is 24.2 Å². The highest BCUT2D eigenvalue weighted by Crippen LogP contribution is 2.44. The third kappa shape index (κ3) is 12.8. The number of nitrogens with zero attached hydrogens (tertiary/aromatic N) is 2. The number of primary amides is 1. The summed E-state index contributed by atoms with van der Waals surface area (Å²) in [4.78, 5) is 111. The lowest BCUT2D eigenvalue weighted by atomic mass is 9.71. The number of carbonyl (C=O) groups excluding carboxylic acids is 7. The Balaban J connectivity index is 0.966. The second kappa shape index (κ2) is 23.0. The zero-order chi connectivity index (χ0) is 53.5. The molecular formula is C53H65BrN8O12.